The summed E-state index contributed by atoms with van der Waals surface area (Å²) >= 11 is 0. The lowest BCUT2D eigenvalue weighted by molar-refractivity contribution is -0.0892. The van der Waals surface area contributed by atoms with E-state index in [2.05, 4.69) is 34.5 Å². The van der Waals surface area contributed by atoms with Gasteiger partial charge in [-0.3, -0.25) is 0 Å². The summed E-state index contributed by atoms with van der Waals surface area (Å²) in [5.41, 5.74) is 6.01. The van der Waals surface area contributed by atoms with E-state index in [0.717, 1.165) is 55.9 Å². The molecule has 1 fully saturated rings. The van der Waals surface area contributed by atoms with Gasteiger partial charge in [-0.2, -0.15) is 9.61 Å². The summed E-state index contributed by atoms with van der Waals surface area (Å²) in [6.45, 7) is 11.3. The summed E-state index contributed by atoms with van der Waals surface area (Å²) in [5, 5.41) is 19.3. The number of carbonyl (C=O) groups is 1. The van der Waals surface area contributed by atoms with E-state index in [1.807, 2.05) is 82.4 Å². The van der Waals surface area contributed by atoms with E-state index in [4.69, 9.17) is 9.72 Å². The average molecular weight is 550 g/mol. The molecule has 210 valence electrons. The van der Waals surface area contributed by atoms with Gasteiger partial charge in [0.1, 0.15) is 5.60 Å². The summed E-state index contributed by atoms with van der Waals surface area (Å²) in [5.74, 6) is 0. The van der Waals surface area contributed by atoms with Crippen LogP contribution >= 0.6 is 0 Å². The highest BCUT2D eigenvalue weighted by Gasteiger charge is 2.53. The van der Waals surface area contributed by atoms with Crippen molar-refractivity contribution < 1.29 is 14.6 Å². The van der Waals surface area contributed by atoms with Gasteiger partial charge in [-0.15, -0.1) is 0 Å². The Morgan fingerprint density at radius 3 is 2.34 bits per heavy atom. The Morgan fingerprint density at radius 2 is 1.71 bits per heavy atom. The van der Waals surface area contributed by atoms with E-state index in [0.29, 0.717) is 12.8 Å². The van der Waals surface area contributed by atoms with Gasteiger partial charge in [0.25, 0.3) is 0 Å². The van der Waals surface area contributed by atoms with Crippen LogP contribution in [0.5, 0.6) is 0 Å². The Hall–Kier alpha value is -4.30. The zero-order valence-corrected chi connectivity index (χ0v) is 24.3. The van der Waals surface area contributed by atoms with Crippen molar-refractivity contribution in [3.05, 3.63) is 83.7 Å². The lowest BCUT2D eigenvalue weighted by atomic mass is 9.62. The number of aromatic nitrogens is 4. The van der Waals surface area contributed by atoms with E-state index < -0.39 is 22.8 Å². The molecule has 3 aromatic heterocycles. The van der Waals surface area contributed by atoms with Crippen molar-refractivity contribution in [2.24, 2.45) is 0 Å². The fourth-order valence-corrected chi connectivity index (χ4v) is 6.11. The summed E-state index contributed by atoms with van der Waals surface area (Å²) in [6.07, 6.45) is 2.17. The molecular weight excluding hydrogens is 514 g/mol. The van der Waals surface area contributed by atoms with Crippen LogP contribution in [0.3, 0.4) is 0 Å². The lowest BCUT2D eigenvalue weighted by Gasteiger charge is -2.52. The van der Waals surface area contributed by atoms with Crippen molar-refractivity contribution in [2.75, 3.05) is 0 Å². The SMILES string of the molecule is Cc1cc2ncc3c(C)c(-c4ccccc4)c(-c4ccc(C5(NC(=O)OC(C)(C)C)CC(C)(O)C5)cc4)nc3n2n1. The van der Waals surface area contributed by atoms with E-state index >= 15 is 0 Å². The number of aliphatic hydroxyl groups is 1. The molecule has 0 radical (unpaired) electrons. The normalized spacial score (nSPS) is 20.7. The minimum atomic E-state index is -0.869. The van der Waals surface area contributed by atoms with Gasteiger partial charge in [0.2, 0.25) is 0 Å². The lowest BCUT2D eigenvalue weighted by Crippen LogP contribution is -2.62. The first-order chi connectivity index (χ1) is 19.3. The number of amides is 1. The molecule has 8 nitrogen and oxygen atoms in total. The van der Waals surface area contributed by atoms with Crippen LogP contribution in [0.4, 0.5) is 4.79 Å². The Labute approximate surface area is 239 Å². The number of hydrogen-bond acceptors (Lipinski definition) is 6. The molecule has 2 aromatic carbocycles. The number of nitrogens with one attached hydrogen (secondary N) is 1. The third-order valence-corrected chi connectivity index (χ3v) is 7.69. The molecule has 1 saturated carbocycles. The average Bonchev–Trinajstić information content (AvgIpc) is 3.27. The Morgan fingerprint density at radius 1 is 1.02 bits per heavy atom. The van der Waals surface area contributed by atoms with E-state index in [1.165, 1.54) is 0 Å². The fraction of sp³-hybridized carbons (Fsp3) is 0.333. The first-order valence-electron chi connectivity index (χ1n) is 13.9. The largest absolute Gasteiger partial charge is 0.444 e. The molecule has 1 aliphatic rings. The first kappa shape index (κ1) is 26.9. The van der Waals surface area contributed by atoms with Crippen molar-refractivity contribution in [2.45, 2.75) is 71.1 Å². The summed E-state index contributed by atoms with van der Waals surface area (Å²) in [7, 11) is 0. The monoisotopic (exact) mass is 549 g/mol. The van der Waals surface area contributed by atoms with Gasteiger partial charge in [-0.25, -0.2) is 14.8 Å². The van der Waals surface area contributed by atoms with Crippen LogP contribution in [0, 0.1) is 13.8 Å². The highest BCUT2D eigenvalue weighted by Crippen LogP contribution is 2.49. The standard InChI is InChI=1S/C33H35N5O3/c1-20-16-26-34-17-25-21(2)27(22-10-8-7-9-11-22)28(35-29(25)38(26)37-20)23-12-14-24(15-13-23)33(18-32(6,40)19-33)36-30(39)41-31(3,4)5/h7-17,40H,18-19H2,1-6H3,(H,36,39). The third-order valence-electron chi connectivity index (χ3n) is 7.69. The molecule has 1 amide bonds. The summed E-state index contributed by atoms with van der Waals surface area (Å²) in [6, 6.07) is 20.3. The number of rotatable bonds is 4. The maximum atomic E-state index is 12.8. The highest BCUT2D eigenvalue weighted by molar-refractivity contribution is 5.94. The van der Waals surface area contributed by atoms with Crippen LogP contribution in [0.25, 0.3) is 39.1 Å². The zero-order chi connectivity index (χ0) is 29.2. The van der Waals surface area contributed by atoms with Crippen molar-refractivity contribution in [3.63, 3.8) is 0 Å². The van der Waals surface area contributed by atoms with Gasteiger partial charge >= 0.3 is 6.09 Å². The van der Waals surface area contributed by atoms with E-state index in [9.17, 15) is 9.90 Å². The predicted molar refractivity (Wildman–Crippen MR) is 160 cm³/mol. The molecule has 0 atom stereocenters. The molecule has 0 aliphatic heterocycles. The maximum absolute atomic E-state index is 12.8. The van der Waals surface area contributed by atoms with Crippen LogP contribution in [0.2, 0.25) is 0 Å². The van der Waals surface area contributed by atoms with Gasteiger partial charge < -0.3 is 15.2 Å². The molecule has 0 unspecified atom stereocenters. The third kappa shape index (κ3) is 4.93. The number of fused-ring (bicyclic) bond motifs is 3. The second-order valence-electron chi connectivity index (χ2n) is 12.5. The number of carbonyl (C=O) groups excluding carboxylic acids is 1. The number of aryl methyl sites for hydroxylation is 2. The minimum Gasteiger partial charge on any atom is -0.444 e. The highest BCUT2D eigenvalue weighted by atomic mass is 16.6. The van der Waals surface area contributed by atoms with E-state index in [1.54, 1.807) is 11.4 Å². The van der Waals surface area contributed by atoms with Gasteiger partial charge in [0, 0.05) is 41.6 Å². The molecular formula is C33H35N5O3. The van der Waals surface area contributed by atoms with Gasteiger partial charge in [-0.05, 0) is 58.2 Å². The Bertz CT molecular complexity index is 1780. The molecule has 1 aliphatic carbocycles. The quantitative estimate of drug-likeness (QED) is 0.266. The molecule has 0 spiro atoms. The van der Waals surface area contributed by atoms with Crippen LogP contribution in [0.1, 0.15) is 57.4 Å². The smallest absolute Gasteiger partial charge is 0.408 e. The Kier molecular flexibility index (Phi) is 6.15. The number of ether oxygens (including phenoxy) is 1. The molecule has 41 heavy (non-hydrogen) atoms. The molecule has 3 heterocycles. The van der Waals surface area contributed by atoms with Crippen molar-refractivity contribution in [1.29, 1.82) is 0 Å². The van der Waals surface area contributed by atoms with Gasteiger partial charge in [0.05, 0.1) is 22.5 Å². The number of benzene rings is 2. The number of pyridine rings is 1. The van der Waals surface area contributed by atoms with Crippen LogP contribution < -0.4 is 5.32 Å². The molecule has 2 N–H and O–H groups in total. The fourth-order valence-electron chi connectivity index (χ4n) is 6.11. The number of alkyl carbamates (subject to hydrolysis) is 1. The first-order valence-corrected chi connectivity index (χ1v) is 13.9. The summed E-state index contributed by atoms with van der Waals surface area (Å²) in [4.78, 5) is 22.6. The zero-order valence-electron chi connectivity index (χ0n) is 24.3. The number of hydrogen-bond donors (Lipinski definition) is 2. The summed E-state index contributed by atoms with van der Waals surface area (Å²) < 4.78 is 7.36. The number of nitrogens with zero attached hydrogens (tertiary/aromatic N) is 4. The second kappa shape index (κ2) is 9.38. The van der Waals surface area contributed by atoms with Crippen LogP contribution in [-0.4, -0.2) is 42.0 Å². The van der Waals surface area contributed by atoms with Crippen LogP contribution in [-0.2, 0) is 10.3 Å². The topological polar surface area (TPSA) is 102 Å². The maximum Gasteiger partial charge on any atom is 0.408 e. The Balaban J connectivity index is 1.47. The molecule has 0 bridgehead atoms. The molecule has 0 saturated heterocycles. The molecule has 8 heteroatoms. The second-order valence-corrected chi connectivity index (χ2v) is 12.5. The predicted octanol–water partition coefficient (Wildman–Crippen LogP) is 6.49. The van der Waals surface area contributed by atoms with Crippen molar-refractivity contribution >= 4 is 22.8 Å². The molecule has 5 aromatic rings. The van der Waals surface area contributed by atoms with Crippen molar-refractivity contribution in [1.82, 2.24) is 24.9 Å². The van der Waals surface area contributed by atoms with Gasteiger partial charge in [0.15, 0.2) is 11.3 Å². The van der Waals surface area contributed by atoms with Crippen molar-refractivity contribution in [3.8, 4) is 22.4 Å². The minimum absolute atomic E-state index is 0.394. The van der Waals surface area contributed by atoms with E-state index in [-0.39, 0.29) is 0 Å². The molecule has 6 rings (SSSR count). The van der Waals surface area contributed by atoms with Gasteiger partial charge in [-0.1, -0.05) is 54.6 Å². The van der Waals surface area contributed by atoms with Crippen LogP contribution in [0.15, 0.2) is 66.9 Å².